The molecule has 0 N–H and O–H groups in total. The first-order chi connectivity index (χ1) is 19.2. The molecule has 0 saturated heterocycles. The molecule has 2 heterocycles. The minimum atomic E-state index is -4.37. The van der Waals surface area contributed by atoms with Gasteiger partial charge in [0.2, 0.25) is 0 Å². The number of hydrogen-bond acceptors (Lipinski definition) is 3. The Kier molecular flexibility index (Phi) is 6.87. The summed E-state index contributed by atoms with van der Waals surface area (Å²) in [6, 6.07) is 23.5. The van der Waals surface area contributed by atoms with Crippen LogP contribution in [-0.2, 0) is 19.3 Å². The van der Waals surface area contributed by atoms with Crippen LogP contribution in [0.15, 0.2) is 83.7 Å². The number of benzene rings is 3. The normalized spacial score (nSPS) is 17.3. The predicted octanol–water partition coefficient (Wildman–Crippen LogP) is 7.55. The van der Waals surface area contributed by atoms with Gasteiger partial charge in [-0.15, -0.1) is 0 Å². The minimum Gasteiger partial charge on any atom is -0.286 e. The maximum atomic E-state index is 14.1. The average molecular weight is 544 g/mol. The summed E-state index contributed by atoms with van der Waals surface area (Å²) in [7, 11) is 0. The van der Waals surface area contributed by atoms with E-state index in [-0.39, 0.29) is 17.6 Å². The standard InChI is InChI=1S/C33H32F3N3O/c1-21(23-15-17-28(18-16-23)33(34,35)36)38-19-29-30(20-38)37-22(2)39(32(29)40)31(26-7-4-3-5-8-26)27-13-11-25(12-14-27)24-9-6-10-24/h3-5,7-8,11-18,21,24,31H,6,9-10,19-20H2,1-2H3. The van der Waals surface area contributed by atoms with Crippen molar-refractivity contribution in [3.05, 3.63) is 134 Å². The number of nitrogens with zero attached hydrogens (tertiary/aromatic N) is 3. The number of fused-ring (bicyclic) bond motifs is 1. The Labute approximate surface area is 232 Å². The zero-order chi connectivity index (χ0) is 28.0. The monoisotopic (exact) mass is 543 g/mol. The number of rotatable bonds is 6. The first-order valence-electron chi connectivity index (χ1n) is 13.9. The van der Waals surface area contributed by atoms with Gasteiger partial charge in [-0.2, -0.15) is 13.2 Å². The second-order valence-electron chi connectivity index (χ2n) is 11.1. The molecule has 1 aliphatic heterocycles. The third kappa shape index (κ3) is 4.87. The highest BCUT2D eigenvalue weighted by molar-refractivity contribution is 5.38. The van der Waals surface area contributed by atoms with E-state index in [1.807, 2.05) is 44.2 Å². The summed E-state index contributed by atoms with van der Waals surface area (Å²) in [4.78, 5) is 21.1. The largest absolute Gasteiger partial charge is 0.416 e. The topological polar surface area (TPSA) is 38.1 Å². The summed E-state index contributed by atoms with van der Waals surface area (Å²) in [6.45, 7) is 4.70. The number of aryl methyl sites for hydroxylation is 1. The van der Waals surface area contributed by atoms with E-state index in [9.17, 15) is 18.0 Å². The van der Waals surface area contributed by atoms with Crippen molar-refractivity contribution < 1.29 is 13.2 Å². The predicted molar refractivity (Wildman–Crippen MR) is 149 cm³/mol. The van der Waals surface area contributed by atoms with E-state index in [1.165, 1.54) is 37.0 Å². The van der Waals surface area contributed by atoms with Crippen molar-refractivity contribution >= 4 is 0 Å². The highest BCUT2D eigenvalue weighted by Gasteiger charge is 2.33. The lowest BCUT2D eigenvalue weighted by molar-refractivity contribution is -0.137. The van der Waals surface area contributed by atoms with Gasteiger partial charge < -0.3 is 0 Å². The molecule has 206 valence electrons. The molecule has 1 fully saturated rings. The maximum Gasteiger partial charge on any atom is 0.416 e. The van der Waals surface area contributed by atoms with Gasteiger partial charge in [0.05, 0.1) is 22.9 Å². The molecule has 40 heavy (non-hydrogen) atoms. The van der Waals surface area contributed by atoms with Gasteiger partial charge in [-0.25, -0.2) is 4.98 Å². The van der Waals surface area contributed by atoms with Gasteiger partial charge in [0, 0.05) is 19.1 Å². The van der Waals surface area contributed by atoms with Crippen LogP contribution in [0.1, 0.15) is 89.1 Å². The number of halogens is 3. The fourth-order valence-electron chi connectivity index (χ4n) is 6.03. The van der Waals surface area contributed by atoms with E-state index in [1.54, 1.807) is 4.57 Å². The van der Waals surface area contributed by atoms with E-state index in [0.717, 1.165) is 34.5 Å². The molecule has 2 unspecified atom stereocenters. The van der Waals surface area contributed by atoms with E-state index >= 15 is 0 Å². The van der Waals surface area contributed by atoms with E-state index in [0.29, 0.717) is 30.4 Å². The second kappa shape index (κ2) is 10.4. The van der Waals surface area contributed by atoms with Crippen molar-refractivity contribution in [1.82, 2.24) is 14.5 Å². The van der Waals surface area contributed by atoms with Crippen molar-refractivity contribution in [2.45, 2.75) is 70.4 Å². The Bertz CT molecular complexity index is 1560. The summed E-state index contributed by atoms with van der Waals surface area (Å²) < 4.78 is 41.0. The Balaban J connectivity index is 1.34. The molecule has 0 spiro atoms. The quantitative estimate of drug-likeness (QED) is 0.252. The molecule has 2 atom stereocenters. The molecule has 1 aromatic heterocycles. The van der Waals surface area contributed by atoms with E-state index < -0.39 is 11.7 Å². The molecule has 4 nitrogen and oxygen atoms in total. The van der Waals surface area contributed by atoms with Gasteiger partial charge in [-0.05, 0) is 67.0 Å². The molecule has 1 saturated carbocycles. The lowest BCUT2D eigenvalue weighted by atomic mass is 9.79. The SMILES string of the molecule is Cc1nc2c(c(=O)n1C(c1ccccc1)c1ccc(C3CCC3)cc1)CN(C(C)c1ccc(C(F)(F)F)cc1)C2. The number of hydrogen-bond donors (Lipinski definition) is 0. The molecule has 4 aromatic rings. The third-order valence-electron chi connectivity index (χ3n) is 8.66. The van der Waals surface area contributed by atoms with Crippen LogP contribution in [0.25, 0.3) is 0 Å². The van der Waals surface area contributed by atoms with Gasteiger partial charge in [-0.1, -0.05) is 73.2 Å². The smallest absolute Gasteiger partial charge is 0.286 e. The summed E-state index contributed by atoms with van der Waals surface area (Å²) in [5.41, 5.74) is 4.83. The average Bonchev–Trinajstić information content (AvgIpc) is 3.34. The van der Waals surface area contributed by atoms with E-state index in [2.05, 4.69) is 29.2 Å². The number of alkyl halides is 3. The molecular formula is C33H32F3N3O. The lowest BCUT2D eigenvalue weighted by Crippen LogP contribution is -2.32. The summed E-state index contributed by atoms with van der Waals surface area (Å²) in [5.74, 6) is 1.28. The molecule has 7 heteroatoms. The van der Waals surface area contributed by atoms with E-state index in [4.69, 9.17) is 4.98 Å². The van der Waals surface area contributed by atoms with Crippen molar-refractivity contribution in [1.29, 1.82) is 0 Å². The van der Waals surface area contributed by atoms with Crippen LogP contribution in [0, 0.1) is 6.92 Å². The highest BCUT2D eigenvalue weighted by atomic mass is 19.4. The van der Waals surface area contributed by atoms with Gasteiger partial charge in [0.15, 0.2) is 0 Å². The van der Waals surface area contributed by atoms with Crippen molar-refractivity contribution in [3.63, 3.8) is 0 Å². The number of aromatic nitrogens is 2. The maximum absolute atomic E-state index is 14.1. The van der Waals surface area contributed by atoms with Crippen LogP contribution in [0.3, 0.4) is 0 Å². The van der Waals surface area contributed by atoms with Crippen molar-refractivity contribution in [2.24, 2.45) is 0 Å². The third-order valence-corrected chi connectivity index (χ3v) is 8.66. The van der Waals surface area contributed by atoms with Crippen LogP contribution in [0.2, 0.25) is 0 Å². The molecule has 3 aromatic carbocycles. The molecule has 0 radical (unpaired) electrons. The lowest BCUT2D eigenvalue weighted by Gasteiger charge is -2.27. The Morgan fingerprint density at radius 3 is 2.08 bits per heavy atom. The van der Waals surface area contributed by atoms with Crippen LogP contribution in [0.5, 0.6) is 0 Å². The van der Waals surface area contributed by atoms with Gasteiger partial charge in [0.1, 0.15) is 5.82 Å². The fourth-order valence-corrected chi connectivity index (χ4v) is 6.03. The zero-order valence-electron chi connectivity index (χ0n) is 22.7. The van der Waals surface area contributed by atoms with Crippen LogP contribution < -0.4 is 5.56 Å². The molecule has 6 rings (SSSR count). The first kappa shape index (κ1) is 26.5. The summed E-state index contributed by atoms with van der Waals surface area (Å²) >= 11 is 0. The summed E-state index contributed by atoms with van der Waals surface area (Å²) in [6.07, 6.45) is -0.625. The minimum absolute atomic E-state index is 0.0680. The highest BCUT2D eigenvalue weighted by Crippen LogP contribution is 2.38. The molecule has 0 bridgehead atoms. The van der Waals surface area contributed by atoms with Gasteiger partial charge in [0.25, 0.3) is 5.56 Å². The van der Waals surface area contributed by atoms with Gasteiger partial charge in [-0.3, -0.25) is 14.3 Å². The van der Waals surface area contributed by atoms with Crippen LogP contribution >= 0.6 is 0 Å². The summed E-state index contributed by atoms with van der Waals surface area (Å²) in [5, 5.41) is 0. The van der Waals surface area contributed by atoms with Crippen LogP contribution in [-0.4, -0.2) is 14.5 Å². The molecular weight excluding hydrogens is 511 g/mol. The second-order valence-corrected chi connectivity index (χ2v) is 11.1. The molecule has 0 amide bonds. The molecule has 2 aliphatic rings. The zero-order valence-corrected chi connectivity index (χ0v) is 22.7. The van der Waals surface area contributed by atoms with Crippen molar-refractivity contribution in [2.75, 3.05) is 0 Å². The fraction of sp³-hybridized carbons (Fsp3) is 0.333. The van der Waals surface area contributed by atoms with Crippen molar-refractivity contribution in [3.8, 4) is 0 Å². The Morgan fingerprint density at radius 2 is 1.48 bits per heavy atom. The van der Waals surface area contributed by atoms with Gasteiger partial charge >= 0.3 is 6.18 Å². The molecule has 1 aliphatic carbocycles. The Hall–Kier alpha value is -3.71. The first-order valence-corrected chi connectivity index (χ1v) is 13.9. The van der Waals surface area contributed by atoms with Crippen LogP contribution in [0.4, 0.5) is 13.2 Å². The Morgan fingerprint density at radius 1 is 0.850 bits per heavy atom.